The summed E-state index contributed by atoms with van der Waals surface area (Å²) in [5, 5.41) is 43.8. The van der Waals surface area contributed by atoms with Crippen molar-refractivity contribution in [3.63, 3.8) is 0 Å². The van der Waals surface area contributed by atoms with Crippen molar-refractivity contribution in [1.29, 1.82) is 0 Å². The first kappa shape index (κ1) is 142. The second-order valence-corrected chi connectivity index (χ2v) is 14.6. The number of nitrogens with two attached hydrogens (primary N) is 2. The molecule has 38 heteroatoms. The van der Waals surface area contributed by atoms with Crippen molar-refractivity contribution in [3.8, 4) is 0 Å². The zero-order chi connectivity index (χ0) is 62.2. The third-order valence-electron chi connectivity index (χ3n) is 4.09. The molecular weight excluding hydrogens is 1180 g/mol. The fraction of sp³-hybridized carbons (Fsp3) is 0.707. The van der Waals surface area contributed by atoms with E-state index in [1.807, 2.05) is 32.9 Å². The van der Waals surface area contributed by atoms with Crippen LogP contribution in [-0.4, -0.2) is 156 Å². The van der Waals surface area contributed by atoms with E-state index in [0.717, 1.165) is 0 Å². The Hall–Kier alpha value is -1.99. The monoisotopic (exact) mass is 1290 g/mol. The van der Waals surface area contributed by atoms with Crippen LogP contribution in [-0.2, 0) is 99.3 Å². The summed E-state index contributed by atoms with van der Waals surface area (Å²) in [6, 6.07) is 0.623. The summed E-state index contributed by atoms with van der Waals surface area (Å²) in [7, 11) is 1.05. The van der Waals surface area contributed by atoms with Crippen molar-refractivity contribution in [2.24, 2.45) is 11.8 Å². The predicted octanol–water partition coefficient (Wildman–Crippen LogP) is 8.11. The Bertz CT molecular complexity index is 801. The second kappa shape index (κ2) is 221. The van der Waals surface area contributed by atoms with Gasteiger partial charge < -0.3 is 78.7 Å². The van der Waals surface area contributed by atoms with Gasteiger partial charge in [-0.1, -0.05) is 118 Å². The number of unbranched alkanes of at least 4 members (excludes halogenated alkanes) is 1. The molecule has 0 heterocycles. The van der Waals surface area contributed by atoms with Crippen LogP contribution in [0.4, 0.5) is 0 Å². The van der Waals surface area contributed by atoms with Gasteiger partial charge in [0.1, 0.15) is 27.2 Å². The van der Waals surface area contributed by atoms with Gasteiger partial charge in [0.25, 0.3) is 0 Å². The normalized spacial score (nSPS) is 7.91. The van der Waals surface area contributed by atoms with E-state index in [0.29, 0.717) is 45.1 Å². The average molecular weight is 1290 g/mol. The molecule has 0 aliphatic carbocycles. The number of hydrogen-bond acceptors (Lipinski definition) is 32. The third-order valence-corrected chi connectivity index (χ3v) is 8.00. The molecule has 17 N–H and O–H groups in total. The van der Waals surface area contributed by atoms with Gasteiger partial charge in [0.05, 0.1) is 46.6 Å². The Balaban J connectivity index is -0.0000000257. The van der Waals surface area contributed by atoms with Crippen molar-refractivity contribution >= 4 is 95.0 Å². The summed E-state index contributed by atoms with van der Waals surface area (Å²) in [4.78, 5) is 80.1. The zero-order valence-corrected chi connectivity index (χ0v) is 52.1. The topological polar surface area (TPSA) is 505 Å². The Morgan fingerprint density at radius 1 is 0.595 bits per heavy atom. The molecule has 4 atom stereocenters. The number of carbonyl (C=O) groups is 5. The molecule has 0 rings (SSSR count). The molecule has 0 fully saturated rings. The van der Waals surface area contributed by atoms with Gasteiger partial charge in [0.15, 0.2) is 42.1 Å². The maximum atomic E-state index is 11.0. The van der Waals surface area contributed by atoms with Gasteiger partial charge in [-0.15, -0.1) is 19.7 Å². The molecule has 496 valence electrons. The molecule has 0 saturated heterocycles. The highest BCUT2D eigenvalue weighted by Gasteiger charge is 2.37. The van der Waals surface area contributed by atoms with Crippen molar-refractivity contribution in [2.75, 3.05) is 61.5 Å². The number of hydrogen-bond donors (Lipinski definition) is 11. The molecule has 79 heavy (non-hydrogen) atoms. The van der Waals surface area contributed by atoms with Crippen LogP contribution in [0.25, 0.3) is 0 Å². The molecule has 0 aromatic carbocycles. The van der Waals surface area contributed by atoms with Crippen molar-refractivity contribution < 1.29 is 135 Å². The molecule has 0 aromatic rings. The minimum atomic E-state index is -2.52. The van der Waals surface area contributed by atoms with E-state index in [2.05, 4.69) is 137 Å². The van der Waals surface area contributed by atoms with E-state index in [-0.39, 0.29) is 81.8 Å². The van der Waals surface area contributed by atoms with Crippen LogP contribution in [0.2, 0.25) is 6.04 Å². The molecule has 4 unspecified atom stereocenters. The van der Waals surface area contributed by atoms with Crippen LogP contribution in [0, 0.1) is 0 Å². The third kappa shape index (κ3) is 288. The van der Waals surface area contributed by atoms with Crippen LogP contribution in [0.3, 0.4) is 0 Å². The van der Waals surface area contributed by atoms with Gasteiger partial charge in [-0.2, -0.15) is 18.7 Å². The van der Waals surface area contributed by atoms with E-state index < -0.39 is 26.9 Å². The van der Waals surface area contributed by atoms with E-state index >= 15 is 0 Å². The molecule has 0 radical (unpaired) electrons. The average Bonchev–Trinajstić information content (AvgIpc) is 3.46. The number of rotatable bonds is 28. The summed E-state index contributed by atoms with van der Waals surface area (Å²) >= 11 is 0. The van der Waals surface area contributed by atoms with Gasteiger partial charge >= 0.3 is 14.8 Å². The van der Waals surface area contributed by atoms with Gasteiger partial charge in [-0.3, -0.25) is 10.1 Å². The van der Waals surface area contributed by atoms with Crippen molar-refractivity contribution in [1.82, 2.24) is 12.3 Å². The standard InChI is InChI=1S/C10H20O5Si.C4H10.2C3H10O7P2.C3H2O.3C3H8.C2H4.CH4O2.4CH2O.2CH4.2H3NO.2H3N.H4Si/c1-5-7-10(11)15-8-6-9-16(12-2,13-3)14-4;1-3-4-2;2*4-8-12-7-3-1-2-6-9-10-11-5;1-2-3-4;3*1-3-2;1-2;1-3-2;4*1-2;;;2*1-2;;;/h5H,1,6-9H2,2-4H3;3-4H2,1-2H3;2*4-5,11-12H,1-3H2;1H2;3*3H2,1-2H3;1-2H2;2H,1H3;4*1H2;2*1H4;2*2H,1H2;2*1H3;1H4. The van der Waals surface area contributed by atoms with Crippen LogP contribution < -0.4 is 24.1 Å². The molecular formula is C41H116N4O28P4Si2. The summed E-state index contributed by atoms with van der Waals surface area (Å²) in [5.41, 5.74) is 1.88. The Labute approximate surface area is 486 Å². The Morgan fingerprint density at radius 3 is 1.05 bits per heavy atom. The number of ether oxygens (including phenoxy) is 1. The Morgan fingerprint density at radius 2 is 0.861 bits per heavy atom. The summed E-state index contributed by atoms with van der Waals surface area (Å²) in [6.07, 6.45) is 9.93. The van der Waals surface area contributed by atoms with Gasteiger partial charge in [-0.05, 0) is 42.5 Å². The summed E-state index contributed by atoms with van der Waals surface area (Å²) < 4.78 is 45.4. The van der Waals surface area contributed by atoms with Crippen molar-refractivity contribution in [2.45, 2.75) is 134 Å². The first-order valence-electron chi connectivity index (χ1n) is 20.6. The summed E-state index contributed by atoms with van der Waals surface area (Å²) in [6.45, 7) is 39.1. The minimum absolute atomic E-state index is 0. The number of esters is 1. The van der Waals surface area contributed by atoms with Crippen LogP contribution >= 0.6 is 36.1 Å². The molecule has 32 nitrogen and oxygen atoms in total. The minimum Gasteiger partial charge on any atom is -0.465 e. The lowest BCUT2D eigenvalue weighted by atomic mass is 10.4. The number of carbonyl (C=O) groups excluding carboxylic acids is 6. The van der Waals surface area contributed by atoms with Crippen molar-refractivity contribution in [3.05, 3.63) is 38.1 Å². The molecule has 0 amide bonds. The smallest absolute Gasteiger partial charge is 0.465 e. The van der Waals surface area contributed by atoms with E-state index in [1.165, 1.54) is 51.2 Å². The lowest BCUT2D eigenvalue weighted by Crippen LogP contribution is -2.42. The van der Waals surface area contributed by atoms with Crippen LogP contribution in [0.1, 0.15) is 128 Å². The SMILES string of the molecule is C.C.C=C.C=C=C=O.C=CCC(=O)OCCC[Si](OC)(OC)OC.C=O.C=O.C=O.C=O.CCC.CCC.CCC.CCCC.COO.N.N.NO.NO.OOPOCCCOOOPO.OOPOCCCOOOPO.[SiH4]. The lowest BCUT2D eigenvalue weighted by Gasteiger charge is -2.24. The second-order valence-electron chi connectivity index (χ2n) is 9.58. The molecule has 0 aliphatic heterocycles. The first-order valence-corrected chi connectivity index (χ1v) is 25.9. The summed E-state index contributed by atoms with van der Waals surface area (Å²) in [5.74, 6) is 8.05. The van der Waals surface area contributed by atoms with Crippen LogP contribution in [0.5, 0.6) is 0 Å². The zero-order valence-electron chi connectivity index (χ0n) is 47.1. The van der Waals surface area contributed by atoms with Crippen LogP contribution in [0.15, 0.2) is 38.1 Å². The highest BCUT2D eigenvalue weighted by atomic mass is 31.1. The van der Waals surface area contributed by atoms with Gasteiger partial charge in [-0.25, -0.2) is 41.8 Å². The fourth-order valence-corrected chi connectivity index (χ4v) is 4.28. The fourth-order valence-electron chi connectivity index (χ4n) is 1.87. The van der Waals surface area contributed by atoms with E-state index in [1.54, 1.807) is 21.3 Å². The highest BCUT2D eigenvalue weighted by molar-refractivity contribution is 7.26. The van der Waals surface area contributed by atoms with Gasteiger partial charge in [0.2, 0.25) is 0 Å². The maximum absolute atomic E-state index is 11.0. The maximum Gasteiger partial charge on any atom is 0.500 e. The van der Waals surface area contributed by atoms with Gasteiger partial charge in [0, 0.05) is 27.4 Å². The predicted molar refractivity (Wildman–Crippen MR) is 324 cm³/mol. The molecule has 0 aliphatic rings. The molecule has 0 saturated carbocycles. The highest BCUT2D eigenvalue weighted by Crippen LogP contribution is 2.15. The largest absolute Gasteiger partial charge is 0.500 e. The van der Waals surface area contributed by atoms with E-state index in [9.17, 15) is 4.79 Å². The molecule has 0 bridgehead atoms. The first-order chi connectivity index (χ1) is 36.0. The quantitative estimate of drug-likeness (QED) is 0.00405. The Kier molecular flexibility index (Phi) is 396. The van der Waals surface area contributed by atoms with E-state index in [4.69, 9.17) is 87.0 Å². The molecule has 0 aromatic heterocycles. The lowest BCUT2D eigenvalue weighted by molar-refractivity contribution is -0.465. The molecule has 0 spiro atoms.